The molecule has 2 rings (SSSR count). The summed E-state index contributed by atoms with van der Waals surface area (Å²) in [5, 5.41) is 3.62. The predicted molar refractivity (Wildman–Crippen MR) is 70.8 cm³/mol. The monoisotopic (exact) mass is 235 g/mol. The molecule has 1 aliphatic rings. The van der Waals surface area contributed by atoms with Crippen LogP contribution in [0.4, 0.5) is 0 Å². The van der Waals surface area contributed by atoms with Crippen LogP contribution in [-0.2, 0) is 6.54 Å². The lowest BCUT2D eigenvalue weighted by molar-refractivity contribution is 0.223. The fourth-order valence-corrected chi connectivity index (χ4v) is 3.31. The second-order valence-electron chi connectivity index (χ2n) is 6.04. The van der Waals surface area contributed by atoms with E-state index in [-0.39, 0.29) is 0 Å². The van der Waals surface area contributed by atoms with Gasteiger partial charge in [-0.15, -0.1) is 0 Å². The Hall–Kier alpha value is -0.760. The molecule has 0 radical (unpaired) electrons. The Kier molecular flexibility index (Phi) is 4.27. The number of rotatable bonds is 6. The maximum absolute atomic E-state index is 5.09. The molecule has 0 spiro atoms. The summed E-state index contributed by atoms with van der Waals surface area (Å²) >= 11 is 0. The molecule has 1 heterocycles. The van der Waals surface area contributed by atoms with Crippen LogP contribution in [0.5, 0.6) is 0 Å². The van der Waals surface area contributed by atoms with E-state index in [1.54, 1.807) is 6.26 Å². The molecule has 1 saturated carbocycles. The minimum absolute atomic E-state index is 0.567. The van der Waals surface area contributed by atoms with Crippen LogP contribution in [0.3, 0.4) is 0 Å². The molecule has 0 atom stereocenters. The smallest absolute Gasteiger partial charge is 0.0947 e. The maximum atomic E-state index is 5.09. The first-order valence-electron chi connectivity index (χ1n) is 6.92. The lowest BCUT2D eigenvalue weighted by Gasteiger charge is -2.31. The first kappa shape index (κ1) is 12.7. The standard InChI is InChI=1S/C15H25NO/c1-13(2)9-15(6-3-4-7-15)12-16-10-14-5-8-17-11-14/h5,8,11,13,16H,3-4,6-7,9-10,12H2,1-2H3. The Morgan fingerprint density at radius 2 is 2.12 bits per heavy atom. The second kappa shape index (κ2) is 5.72. The normalized spacial score (nSPS) is 19.0. The molecule has 0 saturated heterocycles. The summed E-state index contributed by atoms with van der Waals surface area (Å²) in [6.45, 7) is 6.79. The van der Waals surface area contributed by atoms with Crippen molar-refractivity contribution in [3.05, 3.63) is 24.2 Å². The molecule has 17 heavy (non-hydrogen) atoms. The Balaban J connectivity index is 1.81. The minimum atomic E-state index is 0.567. The van der Waals surface area contributed by atoms with Crippen molar-refractivity contribution in [2.24, 2.45) is 11.3 Å². The Morgan fingerprint density at radius 3 is 2.71 bits per heavy atom. The van der Waals surface area contributed by atoms with E-state index in [0.717, 1.165) is 19.0 Å². The van der Waals surface area contributed by atoms with E-state index in [1.807, 2.05) is 12.3 Å². The van der Waals surface area contributed by atoms with Crippen LogP contribution < -0.4 is 5.32 Å². The zero-order chi connectivity index (χ0) is 12.1. The highest BCUT2D eigenvalue weighted by Crippen LogP contribution is 2.42. The van der Waals surface area contributed by atoms with E-state index in [2.05, 4.69) is 19.2 Å². The van der Waals surface area contributed by atoms with Gasteiger partial charge in [-0.2, -0.15) is 0 Å². The average molecular weight is 235 g/mol. The Morgan fingerprint density at radius 1 is 1.35 bits per heavy atom. The summed E-state index contributed by atoms with van der Waals surface area (Å²) in [6.07, 6.45) is 10.6. The van der Waals surface area contributed by atoms with Crippen LogP contribution in [-0.4, -0.2) is 6.54 Å². The van der Waals surface area contributed by atoms with Crippen molar-refractivity contribution in [2.75, 3.05) is 6.54 Å². The van der Waals surface area contributed by atoms with Gasteiger partial charge < -0.3 is 9.73 Å². The summed E-state index contributed by atoms with van der Waals surface area (Å²) in [5.74, 6) is 0.809. The first-order valence-corrected chi connectivity index (χ1v) is 6.92. The van der Waals surface area contributed by atoms with Gasteiger partial charge in [-0.25, -0.2) is 0 Å². The summed E-state index contributed by atoms with van der Waals surface area (Å²) < 4.78 is 5.09. The van der Waals surface area contributed by atoms with Crippen molar-refractivity contribution in [1.29, 1.82) is 0 Å². The highest BCUT2D eigenvalue weighted by atomic mass is 16.3. The topological polar surface area (TPSA) is 25.2 Å². The van der Waals surface area contributed by atoms with Crippen molar-refractivity contribution in [2.45, 2.75) is 52.5 Å². The number of hydrogen-bond donors (Lipinski definition) is 1. The van der Waals surface area contributed by atoms with Crippen molar-refractivity contribution in [1.82, 2.24) is 5.32 Å². The molecule has 2 heteroatoms. The Labute approximate surface area is 105 Å². The van der Waals surface area contributed by atoms with Crippen LogP contribution in [0.1, 0.15) is 51.5 Å². The zero-order valence-electron chi connectivity index (χ0n) is 11.2. The van der Waals surface area contributed by atoms with Gasteiger partial charge in [-0.3, -0.25) is 0 Å². The fourth-order valence-electron chi connectivity index (χ4n) is 3.31. The molecule has 1 aliphatic carbocycles. The van der Waals surface area contributed by atoms with Crippen LogP contribution in [0.15, 0.2) is 23.0 Å². The van der Waals surface area contributed by atoms with E-state index in [4.69, 9.17) is 4.42 Å². The third-order valence-corrected chi connectivity index (χ3v) is 3.91. The molecule has 1 aromatic heterocycles. The van der Waals surface area contributed by atoms with Gasteiger partial charge >= 0.3 is 0 Å². The summed E-state index contributed by atoms with van der Waals surface area (Å²) in [7, 11) is 0. The van der Waals surface area contributed by atoms with Crippen LogP contribution in [0, 0.1) is 11.3 Å². The summed E-state index contributed by atoms with van der Waals surface area (Å²) in [4.78, 5) is 0. The van der Waals surface area contributed by atoms with Gasteiger partial charge in [0.1, 0.15) is 0 Å². The average Bonchev–Trinajstić information content (AvgIpc) is 2.89. The van der Waals surface area contributed by atoms with Crippen LogP contribution >= 0.6 is 0 Å². The van der Waals surface area contributed by atoms with E-state index in [1.165, 1.54) is 37.7 Å². The molecule has 2 nitrogen and oxygen atoms in total. The minimum Gasteiger partial charge on any atom is -0.472 e. The molecule has 0 aliphatic heterocycles. The van der Waals surface area contributed by atoms with Crippen molar-refractivity contribution >= 4 is 0 Å². The SMILES string of the molecule is CC(C)CC1(CNCc2ccoc2)CCCC1. The number of hydrogen-bond acceptors (Lipinski definition) is 2. The van der Waals surface area contributed by atoms with E-state index in [9.17, 15) is 0 Å². The molecule has 0 bridgehead atoms. The molecule has 1 aromatic rings. The second-order valence-corrected chi connectivity index (χ2v) is 6.04. The Bertz CT molecular complexity index is 310. The van der Waals surface area contributed by atoms with Gasteiger partial charge in [0.05, 0.1) is 12.5 Å². The lowest BCUT2D eigenvalue weighted by Crippen LogP contribution is -2.33. The quantitative estimate of drug-likeness (QED) is 0.807. The van der Waals surface area contributed by atoms with Gasteiger partial charge in [-0.05, 0) is 36.7 Å². The van der Waals surface area contributed by atoms with Gasteiger partial charge in [0.25, 0.3) is 0 Å². The highest BCUT2D eigenvalue weighted by Gasteiger charge is 2.33. The van der Waals surface area contributed by atoms with Crippen LogP contribution in [0.2, 0.25) is 0 Å². The molecule has 0 unspecified atom stereocenters. The fraction of sp³-hybridized carbons (Fsp3) is 0.733. The number of nitrogens with one attached hydrogen (secondary N) is 1. The van der Waals surface area contributed by atoms with E-state index in [0.29, 0.717) is 5.41 Å². The van der Waals surface area contributed by atoms with E-state index >= 15 is 0 Å². The molecular formula is C15H25NO. The van der Waals surface area contributed by atoms with Crippen molar-refractivity contribution in [3.8, 4) is 0 Å². The van der Waals surface area contributed by atoms with Gasteiger partial charge in [-0.1, -0.05) is 26.7 Å². The molecule has 1 N–H and O–H groups in total. The predicted octanol–water partition coefficient (Wildman–Crippen LogP) is 3.98. The highest BCUT2D eigenvalue weighted by molar-refractivity contribution is 5.04. The third kappa shape index (κ3) is 3.60. The zero-order valence-corrected chi connectivity index (χ0v) is 11.2. The van der Waals surface area contributed by atoms with Crippen molar-refractivity contribution in [3.63, 3.8) is 0 Å². The number of furan rings is 1. The van der Waals surface area contributed by atoms with Gasteiger partial charge in [0.2, 0.25) is 0 Å². The molecule has 0 amide bonds. The molecule has 0 aromatic carbocycles. The lowest BCUT2D eigenvalue weighted by atomic mass is 9.78. The molecule has 96 valence electrons. The maximum Gasteiger partial charge on any atom is 0.0947 e. The van der Waals surface area contributed by atoms with E-state index < -0.39 is 0 Å². The first-order chi connectivity index (χ1) is 8.20. The van der Waals surface area contributed by atoms with Crippen LogP contribution in [0.25, 0.3) is 0 Å². The summed E-state index contributed by atoms with van der Waals surface area (Å²) in [6, 6.07) is 2.04. The van der Waals surface area contributed by atoms with Crippen molar-refractivity contribution < 1.29 is 4.42 Å². The largest absolute Gasteiger partial charge is 0.472 e. The summed E-state index contributed by atoms with van der Waals surface area (Å²) in [5.41, 5.74) is 1.82. The third-order valence-electron chi connectivity index (χ3n) is 3.91. The molecule has 1 fully saturated rings. The van der Waals surface area contributed by atoms with Gasteiger partial charge in [0.15, 0.2) is 0 Å². The van der Waals surface area contributed by atoms with Gasteiger partial charge in [0, 0.05) is 18.7 Å². The molecular weight excluding hydrogens is 210 g/mol.